The SMILES string of the molecule is COC(=O)C(/C=C(/C)COc1ccn(-c2ccc(Cl)cc2)n1)N(C)OC. The van der Waals surface area contributed by atoms with E-state index in [0.29, 0.717) is 10.9 Å². The maximum atomic E-state index is 11.9. The van der Waals surface area contributed by atoms with E-state index in [1.54, 1.807) is 42.2 Å². The summed E-state index contributed by atoms with van der Waals surface area (Å²) in [6.45, 7) is 2.14. The fraction of sp³-hybridized carbons (Fsp3) is 0.333. The first kappa shape index (κ1) is 20.0. The fourth-order valence-electron chi connectivity index (χ4n) is 2.18. The highest BCUT2D eigenvalue weighted by Crippen LogP contribution is 2.16. The minimum absolute atomic E-state index is 0.280. The van der Waals surface area contributed by atoms with Crippen molar-refractivity contribution >= 4 is 17.6 Å². The van der Waals surface area contributed by atoms with Crippen LogP contribution >= 0.6 is 11.6 Å². The molecule has 2 aromatic rings. The number of halogens is 1. The summed E-state index contributed by atoms with van der Waals surface area (Å²) in [5.41, 5.74) is 1.72. The summed E-state index contributed by atoms with van der Waals surface area (Å²) in [7, 11) is 4.47. The van der Waals surface area contributed by atoms with Crippen LogP contribution in [0.15, 0.2) is 48.2 Å². The first-order valence-electron chi connectivity index (χ1n) is 7.91. The van der Waals surface area contributed by atoms with Crippen LogP contribution in [0.25, 0.3) is 5.69 Å². The van der Waals surface area contributed by atoms with Gasteiger partial charge in [-0.05, 0) is 36.8 Å². The van der Waals surface area contributed by atoms with Gasteiger partial charge in [0.05, 0.1) is 19.9 Å². The highest BCUT2D eigenvalue weighted by molar-refractivity contribution is 6.30. The Labute approximate surface area is 157 Å². The van der Waals surface area contributed by atoms with Crippen LogP contribution in [0.1, 0.15) is 6.92 Å². The van der Waals surface area contributed by atoms with Gasteiger partial charge in [0.25, 0.3) is 0 Å². The van der Waals surface area contributed by atoms with E-state index in [-0.39, 0.29) is 6.61 Å². The highest BCUT2D eigenvalue weighted by Gasteiger charge is 2.22. The Bertz CT molecular complexity index is 758. The molecule has 1 heterocycles. The summed E-state index contributed by atoms with van der Waals surface area (Å²) in [6.07, 6.45) is 3.53. The predicted octanol–water partition coefficient (Wildman–Crippen LogP) is 2.89. The quantitative estimate of drug-likeness (QED) is 0.399. The summed E-state index contributed by atoms with van der Waals surface area (Å²) < 4.78 is 12.2. The van der Waals surface area contributed by atoms with E-state index in [1.165, 1.54) is 19.3 Å². The molecule has 7 nitrogen and oxygen atoms in total. The Morgan fingerprint density at radius 2 is 2.00 bits per heavy atom. The van der Waals surface area contributed by atoms with Crippen LogP contribution in [-0.2, 0) is 14.4 Å². The van der Waals surface area contributed by atoms with Crippen LogP contribution in [0.2, 0.25) is 5.02 Å². The van der Waals surface area contributed by atoms with Crippen LogP contribution in [0.5, 0.6) is 5.88 Å². The molecule has 0 fully saturated rings. The van der Waals surface area contributed by atoms with E-state index >= 15 is 0 Å². The Morgan fingerprint density at radius 3 is 2.62 bits per heavy atom. The Hall–Kier alpha value is -2.35. The highest BCUT2D eigenvalue weighted by atomic mass is 35.5. The van der Waals surface area contributed by atoms with Gasteiger partial charge in [0.15, 0.2) is 6.04 Å². The van der Waals surface area contributed by atoms with Crippen molar-refractivity contribution in [1.82, 2.24) is 14.8 Å². The number of carbonyl (C=O) groups excluding carboxylic acids is 1. The molecule has 0 aliphatic carbocycles. The number of aromatic nitrogens is 2. The molecule has 0 aliphatic heterocycles. The first-order chi connectivity index (χ1) is 12.4. The largest absolute Gasteiger partial charge is 0.472 e. The normalized spacial score (nSPS) is 12.9. The van der Waals surface area contributed by atoms with Gasteiger partial charge in [-0.1, -0.05) is 17.7 Å². The molecule has 0 amide bonds. The molecule has 0 saturated carbocycles. The van der Waals surface area contributed by atoms with Gasteiger partial charge in [-0.25, -0.2) is 9.48 Å². The number of benzene rings is 1. The number of hydrogen-bond acceptors (Lipinski definition) is 6. The molecule has 0 N–H and O–H groups in total. The van der Waals surface area contributed by atoms with Gasteiger partial charge in [-0.2, -0.15) is 5.06 Å². The minimum Gasteiger partial charge on any atom is -0.472 e. The van der Waals surface area contributed by atoms with Crippen molar-refractivity contribution < 1.29 is 19.1 Å². The van der Waals surface area contributed by atoms with Crippen molar-refractivity contribution in [3.63, 3.8) is 0 Å². The number of carbonyl (C=O) groups is 1. The standard InChI is InChI=1S/C18H22ClN3O4/c1-13(11-16(18(23)24-3)21(2)25-4)12-26-17-9-10-22(20-17)15-7-5-14(19)6-8-15/h5-11,16H,12H2,1-4H3/b13-11-. The molecule has 8 heteroatoms. The minimum atomic E-state index is -0.653. The molecule has 140 valence electrons. The maximum Gasteiger partial charge on any atom is 0.329 e. The molecule has 1 unspecified atom stereocenters. The van der Waals surface area contributed by atoms with Crippen molar-refractivity contribution in [2.75, 3.05) is 27.9 Å². The number of nitrogens with zero attached hydrogens (tertiary/aromatic N) is 3. The lowest BCUT2D eigenvalue weighted by molar-refractivity contribution is -0.170. The lowest BCUT2D eigenvalue weighted by Gasteiger charge is -2.21. The van der Waals surface area contributed by atoms with E-state index < -0.39 is 12.0 Å². The number of methoxy groups -OCH3 is 1. The monoisotopic (exact) mass is 379 g/mol. The average molecular weight is 380 g/mol. The molecule has 1 aromatic carbocycles. The summed E-state index contributed by atoms with van der Waals surface area (Å²) in [6, 6.07) is 8.44. The second-order valence-electron chi connectivity index (χ2n) is 5.57. The van der Waals surface area contributed by atoms with Gasteiger partial charge < -0.3 is 14.3 Å². The zero-order valence-corrected chi connectivity index (χ0v) is 15.9. The first-order valence-corrected chi connectivity index (χ1v) is 8.29. The van der Waals surface area contributed by atoms with Crippen LogP contribution < -0.4 is 4.74 Å². The average Bonchev–Trinajstić information content (AvgIpc) is 3.12. The van der Waals surface area contributed by atoms with Crippen LogP contribution in [0.3, 0.4) is 0 Å². The zero-order chi connectivity index (χ0) is 19.1. The van der Waals surface area contributed by atoms with E-state index in [1.807, 2.05) is 19.1 Å². The molecule has 0 spiro atoms. The van der Waals surface area contributed by atoms with Crippen molar-refractivity contribution in [3.05, 3.63) is 53.2 Å². The van der Waals surface area contributed by atoms with E-state index in [9.17, 15) is 4.79 Å². The smallest absolute Gasteiger partial charge is 0.329 e. The van der Waals surface area contributed by atoms with Gasteiger partial charge in [0.2, 0.25) is 5.88 Å². The van der Waals surface area contributed by atoms with Crippen molar-refractivity contribution in [2.24, 2.45) is 0 Å². The second kappa shape index (κ2) is 9.38. The summed E-state index contributed by atoms with van der Waals surface area (Å²) in [4.78, 5) is 16.9. The molecule has 1 aromatic heterocycles. The topological polar surface area (TPSA) is 65.8 Å². The maximum absolute atomic E-state index is 11.9. The molecule has 1 atom stereocenters. The van der Waals surface area contributed by atoms with Gasteiger partial charge in [0.1, 0.15) is 6.61 Å². The predicted molar refractivity (Wildman–Crippen MR) is 98.4 cm³/mol. The third-order valence-corrected chi connectivity index (χ3v) is 3.92. The number of hydrogen-bond donors (Lipinski definition) is 0. The number of ether oxygens (including phenoxy) is 2. The van der Waals surface area contributed by atoms with Crippen molar-refractivity contribution in [2.45, 2.75) is 13.0 Å². The van der Waals surface area contributed by atoms with Crippen molar-refractivity contribution in [3.8, 4) is 11.6 Å². The van der Waals surface area contributed by atoms with Gasteiger partial charge >= 0.3 is 5.97 Å². The Morgan fingerprint density at radius 1 is 1.31 bits per heavy atom. The molecule has 0 aliphatic rings. The number of rotatable bonds is 8. The number of hydroxylamine groups is 2. The molecule has 26 heavy (non-hydrogen) atoms. The van der Waals surface area contributed by atoms with Gasteiger partial charge in [0, 0.05) is 24.3 Å². The lowest BCUT2D eigenvalue weighted by atomic mass is 10.2. The van der Waals surface area contributed by atoms with E-state index in [4.69, 9.17) is 25.9 Å². The molecular formula is C18H22ClN3O4. The van der Waals surface area contributed by atoms with Crippen LogP contribution in [0.4, 0.5) is 0 Å². The van der Waals surface area contributed by atoms with E-state index in [0.717, 1.165) is 11.3 Å². The Kier molecular flexibility index (Phi) is 7.20. The molecule has 2 rings (SSSR count). The van der Waals surface area contributed by atoms with Gasteiger partial charge in [-0.3, -0.25) is 0 Å². The molecule has 0 bridgehead atoms. The van der Waals surface area contributed by atoms with Crippen molar-refractivity contribution in [1.29, 1.82) is 0 Å². The van der Waals surface area contributed by atoms with Gasteiger partial charge in [-0.15, -0.1) is 5.10 Å². The molecule has 0 radical (unpaired) electrons. The van der Waals surface area contributed by atoms with E-state index in [2.05, 4.69) is 5.10 Å². The summed E-state index contributed by atoms with van der Waals surface area (Å²) in [5.74, 6) is 0.0585. The Balaban J connectivity index is 2.01. The molecular weight excluding hydrogens is 358 g/mol. The number of esters is 1. The third kappa shape index (κ3) is 5.32. The van der Waals surface area contributed by atoms with Crippen LogP contribution in [0, 0.1) is 0 Å². The zero-order valence-electron chi connectivity index (χ0n) is 15.2. The summed E-state index contributed by atoms with van der Waals surface area (Å²) in [5, 5.41) is 6.43. The summed E-state index contributed by atoms with van der Waals surface area (Å²) >= 11 is 5.89. The number of likely N-dealkylation sites (N-methyl/N-ethyl adjacent to an activating group) is 1. The second-order valence-corrected chi connectivity index (χ2v) is 6.01. The van der Waals surface area contributed by atoms with Crippen LogP contribution in [-0.4, -0.2) is 54.7 Å². The lowest BCUT2D eigenvalue weighted by Crippen LogP contribution is -2.37. The fourth-order valence-corrected chi connectivity index (χ4v) is 2.31. The third-order valence-electron chi connectivity index (χ3n) is 3.67. The molecule has 0 saturated heterocycles.